The quantitative estimate of drug-likeness (QED) is 0.571. The number of carbonyl (C=O) groups excluding carboxylic acids is 1. The highest BCUT2D eigenvalue weighted by molar-refractivity contribution is 7.99. The van der Waals surface area contributed by atoms with Crippen LogP contribution in [0.2, 0.25) is 0 Å². The maximum atomic E-state index is 11.1. The van der Waals surface area contributed by atoms with Crippen LogP contribution in [0.1, 0.15) is 30.9 Å². The zero-order valence-electron chi connectivity index (χ0n) is 14.7. The van der Waals surface area contributed by atoms with Gasteiger partial charge in [-0.05, 0) is 53.4 Å². The second-order valence-electron chi connectivity index (χ2n) is 6.16. The Labute approximate surface area is 158 Å². The molecule has 3 rings (SSSR count). The molecule has 0 bridgehead atoms. The standard InChI is InChI=1S/C22H22O3S/c1-25-22(24)8-4-7-21(23)17-10-12-19(13-11-17)26-20-14-9-16-5-2-3-6-18(16)15-20/h2-3,5-6,9-15,21,23H,4,7-8H2,1H3. The van der Waals surface area contributed by atoms with Gasteiger partial charge in [-0.25, -0.2) is 0 Å². The van der Waals surface area contributed by atoms with Gasteiger partial charge >= 0.3 is 5.97 Å². The van der Waals surface area contributed by atoms with E-state index in [4.69, 9.17) is 0 Å². The number of aliphatic hydroxyl groups is 1. The molecule has 0 radical (unpaired) electrons. The van der Waals surface area contributed by atoms with Crippen molar-refractivity contribution in [3.05, 3.63) is 72.3 Å². The van der Waals surface area contributed by atoms with Crippen molar-refractivity contribution < 1.29 is 14.6 Å². The molecule has 134 valence electrons. The van der Waals surface area contributed by atoms with E-state index in [1.54, 1.807) is 11.8 Å². The van der Waals surface area contributed by atoms with Gasteiger partial charge < -0.3 is 9.84 Å². The lowest BCUT2D eigenvalue weighted by molar-refractivity contribution is -0.140. The molecule has 26 heavy (non-hydrogen) atoms. The number of fused-ring (bicyclic) bond motifs is 1. The summed E-state index contributed by atoms with van der Waals surface area (Å²) < 4.78 is 4.61. The molecule has 0 aromatic heterocycles. The zero-order valence-corrected chi connectivity index (χ0v) is 15.5. The van der Waals surface area contributed by atoms with Crippen LogP contribution in [0.15, 0.2) is 76.5 Å². The van der Waals surface area contributed by atoms with Gasteiger partial charge in [0.25, 0.3) is 0 Å². The maximum Gasteiger partial charge on any atom is 0.305 e. The summed E-state index contributed by atoms with van der Waals surface area (Å²) in [5.41, 5.74) is 0.873. The molecular weight excluding hydrogens is 344 g/mol. The van der Waals surface area contributed by atoms with Crippen LogP contribution in [0, 0.1) is 0 Å². The largest absolute Gasteiger partial charge is 0.469 e. The molecule has 0 aliphatic carbocycles. The third-order valence-corrected chi connectivity index (χ3v) is 5.31. The first-order chi connectivity index (χ1) is 12.7. The second-order valence-corrected chi connectivity index (χ2v) is 7.31. The van der Waals surface area contributed by atoms with Crippen LogP contribution in [0.3, 0.4) is 0 Å². The monoisotopic (exact) mass is 366 g/mol. The molecule has 0 saturated carbocycles. The lowest BCUT2D eigenvalue weighted by Crippen LogP contribution is -2.02. The second kappa shape index (κ2) is 8.88. The molecule has 3 aromatic rings. The third-order valence-electron chi connectivity index (χ3n) is 4.31. The van der Waals surface area contributed by atoms with Crippen molar-refractivity contribution in [1.82, 2.24) is 0 Å². The highest BCUT2D eigenvalue weighted by Crippen LogP contribution is 2.31. The minimum atomic E-state index is -0.556. The summed E-state index contributed by atoms with van der Waals surface area (Å²) >= 11 is 1.70. The highest BCUT2D eigenvalue weighted by atomic mass is 32.2. The predicted molar refractivity (Wildman–Crippen MR) is 105 cm³/mol. The number of benzene rings is 3. The van der Waals surface area contributed by atoms with Crippen LogP contribution in [0.4, 0.5) is 0 Å². The van der Waals surface area contributed by atoms with E-state index in [0.29, 0.717) is 19.3 Å². The molecule has 0 aliphatic heterocycles. The molecule has 3 nitrogen and oxygen atoms in total. The third kappa shape index (κ3) is 4.87. The first-order valence-corrected chi connectivity index (χ1v) is 9.49. The van der Waals surface area contributed by atoms with Gasteiger partial charge in [0.1, 0.15) is 0 Å². The number of aliphatic hydroxyl groups excluding tert-OH is 1. The normalized spacial score (nSPS) is 12.1. The maximum absolute atomic E-state index is 11.1. The van der Waals surface area contributed by atoms with Gasteiger partial charge in [0.2, 0.25) is 0 Å². The average molecular weight is 366 g/mol. The molecule has 3 aromatic carbocycles. The Morgan fingerprint density at radius 2 is 1.69 bits per heavy atom. The van der Waals surface area contributed by atoms with E-state index in [1.807, 2.05) is 36.4 Å². The molecule has 4 heteroatoms. The van der Waals surface area contributed by atoms with E-state index >= 15 is 0 Å². The minimum Gasteiger partial charge on any atom is -0.469 e. The Bertz CT molecular complexity index is 874. The van der Waals surface area contributed by atoms with E-state index in [2.05, 4.69) is 35.1 Å². The van der Waals surface area contributed by atoms with E-state index in [0.717, 1.165) is 10.5 Å². The number of ether oxygens (including phenoxy) is 1. The molecule has 1 N–H and O–H groups in total. The van der Waals surface area contributed by atoms with Crippen molar-refractivity contribution in [3.63, 3.8) is 0 Å². The molecule has 0 saturated heterocycles. The van der Waals surface area contributed by atoms with Crippen molar-refractivity contribution in [2.24, 2.45) is 0 Å². The average Bonchev–Trinajstić information content (AvgIpc) is 2.68. The van der Waals surface area contributed by atoms with Crippen LogP contribution >= 0.6 is 11.8 Å². The zero-order chi connectivity index (χ0) is 18.4. The topological polar surface area (TPSA) is 46.5 Å². The van der Waals surface area contributed by atoms with E-state index in [1.165, 1.54) is 22.8 Å². The fourth-order valence-corrected chi connectivity index (χ4v) is 3.70. The molecule has 0 amide bonds. The van der Waals surface area contributed by atoms with Gasteiger partial charge in [0.05, 0.1) is 13.2 Å². The van der Waals surface area contributed by atoms with E-state index in [-0.39, 0.29) is 5.97 Å². The molecule has 1 unspecified atom stereocenters. The molecule has 0 fully saturated rings. The Morgan fingerprint density at radius 1 is 1.00 bits per heavy atom. The molecule has 0 spiro atoms. The van der Waals surface area contributed by atoms with Gasteiger partial charge in [-0.15, -0.1) is 0 Å². The predicted octanol–water partition coefficient (Wildman–Crippen LogP) is 5.37. The molecule has 0 heterocycles. The van der Waals surface area contributed by atoms with Gasteiger partial charge in [0, 0.05) is 16.2 Å². The highest BCUT2D eigenvalue weighted by Gasteiger charge is 2.09. The Kier molecular flexibility index (Phi) is 6.31. The summed E-state index contributed by atoms with van der Waals surface area (Å²) in [6.07, 6.45) is 0.941. The number of rotatable bonds is 7. The van der Waals surface area contributed by atoms with Crippen LogP contribution in [-0.4, -0.2) is 18.2 Å². The summed E-state index contributed by atoms with van der Waals surface area (Å²) in [7, 11) is 1.38. The molecule has 1 atom stereocenters. The van der Waals surface area contributed by atoms with Gasteiger partial charge in [-0.2, -0.15) is 0 Å². The van der Waals surface area contributed by atoms with Crippen molar-refractivity contribution in [3.8, 4) is 0 Å². The van der Waals surface area contributed by atoms with Gasteiger partial charge in [-0.1, -0.05) is 54.2 Å². The summed E-state index contributed by atoms with van der Waals surface area (Å²) in [5, 5.41) is 12.7. The lowest BCUT2D eigenvalue weighted by atomic mass is 10.0. The number of hydrogen-bond donors (Lipinski definition) is 1. The first kappa shape index (κ1) is 18.5. The Balaban J connectivity index is 1.60. The van der Waals surface area contributed by atoms with Crippen LogP contribution in [0.25, 0.3) is 10.8 Å². The Morgan fingerprint density at radius 3 is 2.42 bits per heavy atom. The summed E-state index contributed by atoms with van der Waals surface area (Å²) in [6, 6.07) is 22.7. The van der Waals surface area contributed by atoms with Crippen LogP contribution in [-0.2, 0) is 9.53 Å². The summed E-state index contributed by atoms with van der Waals surface area (Å²) in [5.74, 6) is -0.237. The number of esters is 1. The van der Waals surface area contributed by atoms with Gasteiger partial charge in [-0.3, -0.25) is 4.79 Å². The van der Waals surface area contributed by atoms with Crippen LogP contribution < -0.4 is 0 Å². The summed E-state index contributed by atoms with van der Waals surface area (Å²) in [4.78, 5) is 13.4. The number of hydrogen-bond acceptors (Lipinski definition) is 4. The smallest absolute Gasteiger partial charge is 0.305 e. The van der Waals surface area contributed by atoms with Crippen molar-refractivity contribution >= 4 is 28.5 Å². The Hall–Kier alpha value is -2.30. The molecular formula is C22H22O3S. The minimum absolute atomic E-state index is 0.237. The van der Waals surface area contributed by atoms with Crippen molar-refractivity contribution in [1.29, 1.82) is 0 Å². The van der Waals surface area contributed by atoms with Gasteiger partial charge in [0.15, 0.2) is 0 Å². The first-order valence-electron chi connectivity index (χ1n) is 8.67. The number of methoxy groups -OCH3 is 1. The SMILES string of the molecule is COC(=O)CCCC(O)c1ccc(Sc2ccc3ccccc3c2)cc1. The van der Waals surface area contributed by atoms with Crippen LogP contribution in [0.5, 0.6) is 0 Å². The van der Waals surface area contributed by atoms with Crippen molar-refractivity contribution in [2.75, 3.05) is 7.11 Å². The number of carbonyl (C=O) groups is 1. The van der Waals surface area contributed by atoms with Crippen molar-refractivity contribution in [2.45, 2.75) is 35.2 Å². The van der Waals surface area contributed by atoms with E-state index in [9.17, 15) is 9.90 Å². The summed E-state index contributed by atoms with van der Waals surface area (Å²) in [6.45, 7) is 0. The fraction of sp³-hybridized carbons (Fsp3) is 0.227. The van der Waals surface area contributed by atoms with E-state index < -0.39 is 6.10 Å². The molecule has 0 aliphatic rings. The lowest BCUT2D eigenvalue weighted by Gasteiger charge is -2.11. The fourth-order valence-electron chi connectivity index (χ4n) is 2.83.